The Labute approximate surface area is 82.0 Å². The Morgan fingerprint density at radius 1 is 1.23 bits per heavy atom. The van der Waals surface area contributed by atoms with Gasteiger partial charge >= 0.3 is 0 Å². The van der Waals surface area contributed by atoms with E-state index in [4.69, 9.17) is 0 Å². The van der Waals surface area contributed by atoms with Crippen LogP contribution in [0.5, 0.6) is 0 Å². The normalized spacial score (nSPS) is 15.3. The van der Waals surface area contributed by atoms with Crippen LogP contribution in [0, 0.1) is 12.8 Å². The molecule has 0 amide bonds. The maximum atomic E-state index is 4.20. The fourth-order valence-corrected chi connectivity index (χ4v) is 1.51. The van der Waals surface area contributed by atoms with Crippen molar-refractivity contribution in [1.82, 2.24) is 0 Å². The Balaban J connectivity index is 2.53. The summed E-state index contributed by atoms with van der Waals surface area (Å²) >= 11 is 0. The predicted molar refractivity (Wildman–Crippen MR) is 58.6 cm³/mol. The first kappa shape index (κ1) is 10.3. The average Bonchev–Trinajstić information content (AvgIpc) is 2.19. The second-order valence-electron chi connectivity index (χ2n) is 3.86. The standard InChI is InChI=1S/C13H19/c1-4-11(2)10-12(3)13-8-6-5-7-9-13/h5-9,11-12H,3-4,10H2,1-2H3/q-1. The van der Waals surface area contributed by atoms with E-state index < -0.39 is 0 Å². The van der Waals surface area contributed by atoms with Crippen molar-refractivity contribution in [2.75, 3.05) is 0 Å². The molecule has 0 radical (unpaired) electrons. The van der Waals surface area contributed by atoms with Crippen molar-refractivity contribution >= 4 is 0 Å². The van der Waals surface area contributed by atoms with Crippen molar-refractivity contribution in [2.24, 2.45) is 5.92 Å². The molecule has 0 heterocycles. The van der Waals surface area contributed by atoms with E-state index in [9.17, 15) is 0 Å². The predicted octanol–water partition coefficient (Wildman–Crippen LogP) is 4.04. The van der Waals surface area contributed by atoms with Gasteiger partial charge in [0.15, 0.2) is 0 Å². The summed E-state index contributed by atoms with van der Waals surface area (Å²) in [5, 5.41) is 0. The number of hydrogen-bond donors (Lipinski definition) is 0. The first-order valence-electron chi connectivity index (χ1n) is 5.12. The van der Waals surface area contributed by atoms with Crippen molar-refractivity contribution < 1.29 is 0 Å². The van der Waals surface area contributed by atoms with Crippen molar-refractivity contribution in [3.05, 3.63) is 42.8 Å². The third-order valence-electron chi connectivity index (χ3n) is 2.65. The Hall–Kier alpha value is -0.780. The maximum Gasteiger partial charge on any atom is -0.0464 e. The zero-order chi connectivity index (χ0) is 9.68. The van der Waals surface area contributed by atoms with Crippen LogP contribution >= 0.6 is 0 Å². The first-order chi connectivity index (χ1) is 6.24. The SMILES string of the molecule is [CH2-]C(CC(C)CC)c1ccccc1. The fourth-order valence-electron chi connectivity index (χ4n) is 1.51. The minimum Gasteiger partial charge on any atom is -0.336 e. The van der Waals surface area contributed by atoms with Gasteiger partial charge in [-0.15, -0.1) is 5.92 Å². The minimum atomic E-state index is 0.455. The highest BCUT2D eigenvalue weighted by Crippen LogP contribution is 2.23. The Morgan fingerprint density at radius 3 is 2.38 bits per heavy atom. The van der Waals surface area contributed by atoms with E-state index in [1.54, 1.807) is 0 Å². The van der Waals surface area contributed by atoms with Gasteiger partial charge in [0.25, 0.3) is 0 Å². The first-order valence-corrected chi connectivity index (χ1v) is 5.12. The van der Waals surface area contributed by atoms with E-state index in [2.05, 4.69) is 51.1 Å². The Bertz CT molecular complexity index is 225. The molecule has 0 nitrogen and oxygen atoms in total. The van der Waals surface area contributed by atoms with Gasteiger partial charge in [0.1, 0.15) is 0 Å². The fraction of sp³-hybridized carbons (Fsp3) is 0.462. The van der Waals surface area contributed by atoms with E-state index in [1.807, 2.05) is 0 Å². The van der Waals surface area contributed by atoms with Gasteiger partial charge in [-0.3, -0.25) is 0 Å². The summed E-state index contributed by atoms with van der Waals surface area (Å²) in [5.74, 6) is 1.24. The van der Waals surface area contributed by atoms with Crippen LogP contribution in [0.2, 0.25) is 0 Å². The Morgan fingerprint density at radius 2 is 1.85 bits per heavy atom. The molecule has 0 saturated heterocycles. The van der Waals surface area contributed by atoms with Crippen molar-refractivity contribution in [3.8, 4) is 0 Å². The van der Waals surface area contributed by atoms with Crippen LogP contribution in [0.15, 0.2) is 30.3 Å². The van der Waals surface area contributed by atoms with Crippen molar-refractivity contribution in [1.29, 1.82) is 0 Å². The monoisotopic (exact) mass is 175 g/mol. The lowest BCUT2D eigenvalue weighted by Gasteiger charge is -2.21. The quantitative estimate of drug-likeness (QED) is 0.606. The number of hydrogen-bond acceptors (Lipinski definition) is 0. The van der Waals surface area contributed by atoms with Crippen LogP contribution in [-0.4, -0.2) is 0 Å². The molecule has 0 aliphatic heterocycles. The summed E-state index contributed by atoms with van der Waals surface area (Å²) in [7, 11) is 0. The molecule has 0 aliphatic rings. The summed E-state index contributed by atoms with van der Waals surface area (Å²) in [6, 6.07) is 10.6. The summed E-state index contributed by atoms with van der Waals surface area (Å²) in [5.41, 5.74) is 1.36. The van der Waals surface area contributed by atoms with Crippen molar-refractivity contribution in [3.63, 3.8) is 0 Å². The zero-order valence-corrected chi connectivity index (χ0v) is 8.66. The number of benzene rings is 1. The van der Waals surface area contributed by atoms with E-state index in [1.165, 1.54) is 18.4 Å². The van der Waals surface area contributed by atoms with Gasteiger partial charge in [0.2, 0.25) is 0 Å². The van der Waals surface area contributed by atoms with Crippen LogP contribution in [0.25, 0.3) is 0 Å². The van der Waals surface area contributed by atoms with Crippen molar-refractivity contribution in [2.45, 2.75) is 32.6 Å². The number of rotatable bonds is 4. The third-order valence-corrected chi connectivity index (χ3v) is 2.65. The topological polar surface area (TPSA) is 0 Å². The summed E-state index contributed by atoms with van der Waals surface area (Å²) < 4.78 is 0. The minimum absolute atomic E-state index is 0.455. The van der Waals surface area contributed by atoms with E-state index in [0.717, 1.165) is 5.92 Å². The molecule has 0 aromatic heterocycles. The highest BCUT2D eigenvalue weighted by atomic mass is 14.1. The molecular formula is C13H19-. The molecule has 0 saturated carbocycles. The molecule has 2 unspecified atom stereocenters. The maximum absolute atomic E-state index is 4.20. The summed E-state index contributed by atoms with van der Waals surface area (Å²) in [6.07, 6.45) is 2.44. The molecule has 0 spiro atoms. The molecule has 0 fully saturated rings. The summed E-state index contributed by atoms with van der Waals surface area (Å²) in [6.45, 7) is 8.73. The highest BCUT2D eigenvalue weighted by molar-refractivity contribution is 5.20. The van der Waals surface area contributed by atoms with Crippen LogP contribution in [0.3, 0.4) is 0 Å². The lowest BCUT2D eigenvalue weighted by Crippen LogP contribution is -2.00. The molecule has 2 atom stereocenters. The van der Waals surface area contributed by atoms with Gasteiger partial charge < -0.3 is 6.92 Å². The molecule has 0 bridgehead atoms. The third kappa shape index (κ3) is 3.22. The molecule has 72 valence electrons. The van der Waals surface area contributed by atoms with E-state index >= 15 is 0 Å². The second-order valence-corrected chi connectivity index (χ2v) is 3.86. The highest BCUT2D eigenvalue weighted by Gasteiger charge is 2.03. The molecule has 1 aromatic rings. The van der Waals surface area contributed by atoms with Crippen LogP contribution in [0.4, 0.5) is 0 Å². The second kappa shape index (κ2) is 5.06. The molecular weight excluding hydrogens is 156 g/mol. The molecule has 0 heteroatoms. The molecule has 1 rings (SSSR count). The molecule has 0 N–H and O–H groups in total. The molecule has 13 heavy (non-hydrogen) atoms. The molecule has 1 aromatic carbocycles. The lowest BCUT2D eigenvalue weighted by molar-refractivity contribution is 0.489. The largest absolute Gasteiger partial charge is 0.336 e. The van der Waals surface area contributed by atoms with Gasteiger partial charge in [-0.2, -0.15) is 0 Å². The van der Waals surface area contributed by atoms with Crippen LogP contribution < -0.4 is 0 Å². The van der Waals surface area contributed by atoms with Crippen LogP contribution in [-0.2, 0) is 0 Å². The lowest BCUT2D eigenvalue weighted by atomic mass is 9.90. The van der Waals surface area contributed by atoms with Gasteiger partial charge in [-0.05, 0) is 5.92 Å². The summed E-state index contributed by atoms with van der Waals surface area (Å²) in [4.78, 5) is 0. The van der Waals surface area contributed by atoms with E-state index in [-0.39, 0.29) is 0 Å². The Kier molecular flexibility index (Phi) is 4.01. The zero-order valence-electron chi connectivity index (χ0n) is 8.66. The molecule has 0 aliphatic carbocycles. The van der Waals surface area contributed by atoms with Gasteiger partial charge in [-0.1, -0.05) is 62.6 Å². The van der Waals surface area contributed by atoms with Gasteiger partial charge in [-0.25, -0.2) is 0 Å². The van der Waals surface area contributed by atoms with E-state index in [0.29, 0.717) is 5.92 Å². The van der Waals surface area contributed by atoms with Gasteiger partial charge in [0, 0.05) is 0 Å². The van der Waals surface area contributed by atoms with Gasteiger partial charge in [0.05, 0.1) is 0 Å². The smallest absolute Gasteiger partial charge is 0.0464 e. The average molecular weight is 175 g/mol. The van der Waals surface area contributed by atoms with Crippen LogP contribution in [0.1, 0.15) is 38.2 Å².